The molecule has 22 heavy (non-hydrogen) atoms. The van der Waals surface area contributed by atoms with Crippen molar-refractivity contribution in [1.82, 2.24) is 19.8 Å². The van der Waals surface area contributed by atoms with Crippen molar-refractivity contribution in [3.05, 3.63) is 18.0 Å². The Morgan fingerprint density at radius 1 is 1.32 bits per heavy atom. The van der Waals surface area contributed by atoms with Crippen LogP contribution in [0.5, 0.6) is 0 Å². The highest BCUT2D eigenvalue weighted by Crippen LogP contribution is 2.21. The van der Waals surface area contributed by atoms with E-state index in [4.69, 9.17) is 0 Å². The lowest BCUT2D eigenvalue weighted by atomic mass is 9.96. The summed E-state index contributed by atoms with van der Waals surface area (Å²) in [7, 11) is 0. The van der Waals surface area contributed by atoms with Crippen molar-refractivity contribution in [2.75, 3.05) is 5.32 Å². The summed E-state index contributed by atoms with van der Waals surface area (Å²) < 4.78 is 1.66. The van der Waals surface area contributed by atoms with Gasteiger partial charge in [-0.2, -0.15) is 4.52 Å². The summed E-state index contributed by atoms with van der Waals surface area (Å²) >= 11 is 0. The molecule has 2 heterocycles. The maximum absolute atomic E-state index is 11.4. The van der Waals surface area contributed by atoms with E-state index >= 15 is 0 Å². The molecule has 0 amide bonds. The summed E-state index contributed by atoms with van der Waals surface area (Å²) in [6.07, 6.45) is 0.531. The number of hydrogen-bond donors (Lipinski definition) is 2. The van der Waals surface area contributed by atoms with E-state index in [1.807, 2.05) is 34.6 Å². The van der Waals surface area contributed by atoms with Crippen LogP contribution in [0, 0.1) is 5.92 Å². The van der Waals surface area contributed by atoms with E-state index in [1.165, 1.54) is 0 Å². The SMILES string of the molecule is CC(C)CC(Nc1ccc2nnc(C(C)(C)C)n2n1)C(=O)O. The first-order valence-corrected chi connectivity index (χ1v) is 7.40. The number of carbonyl (C=O) groups is 1. The summed E-state index contributed by atoms with van der Waals surface area (Å²) in [5, 5.41) is 25.0. The number of nitrogens with zero attached hydrogens (tertiary/aromatic N) is 4. The van der Waals surface area contributed by atoms with Gasteiger partial charge in [0, 0.05) is 5.41 Å². The average Bonchev–Trinajstić information content (AvgIpc) is 2.80. The third-order valence-electron chi connectivity index (χ3n) is 3.26. The average molecular weight is 305 g/mol. The van der Waals surface area contributed by atoms with Crippen molar-refractivity contribution in [3.8, 4) is 0 Å². The van der Waals surface area contributed by atoms with Gasteiger partial charge >= 0.3 is 5.97 Å². The number of hydrogen-bond acceptors (Lipinski definition) is 5. The van der Waals surface area contributed by atoms with Crippen molar-refractivity contribution in [1.29, 1.82) is 0 Å². The van der Waals surface area contributed by atoms with Gasteiger partial charge in [-0.3, -0.25) is 0 Å². The smallest absolute Gasteiger partial charge is 0.326 e. The molecule has 7 heteroatoms. The fourth-order valence-corrected chi connectivity index (χ4v) is 2.20. The summed E-state index contributed by atoms with van der Waals surface area (Å²) in [6.45, 7) is 10.1. The first-order chi connectivity index (χ1) is 10.2. The number of rotatable bonds is 5. The Balaban J connectivity index is 2.34. The molecule has 0 aromatic carbocycles. The lowest BCUT2D eigenvalue weighted by Crippen LogP contribution is -2.31. The largest absolute Gasteiger partial charge is 0.480 e. The molecule has 0 radical (unpaired) electrons. The molecule has 120 valence electrons. The van der Waals surface area contributed by atoms with Crippen LogP contribution in [0.4, 0.5) is 5.82 Å². The van der Waals surface area contributed by atoms with Crippen molar-refractivity contribution in [2.45, 2.75) is 52.5 Å². The second kappa shape index (κ2) is 5.90. The van der Waals surface area contributed by atoms with Crippen molar-refractivity contribution >= 4 is 17.4 Å². The van der Waals surface area contributed by atoms with Crippen LogP contribution in [-0.2, 0) is 10.2 Å². The number of nitrogens with one attached hydrogen (secondary N) is 1. The quantitative estimate of drug-likeness (QED) is 0.880. The zero-order valence-corrected chi connectivity index (χ0v) is 13.7. The highest BCUT2D eigenvalue weighted by molar-refractivity contribution is 5.76. The molecule has 0 saturated heterocycles. The lowest BCUT2D eigenvalue weighted by Gasteiger charge is -2.18. The number of carboxylic acids is 1. The summed E-state index contributed by atoms with van der Waals surface area (Å²) in [6, 6.07) is 2.85. The first kappa shape index (κ1) is 16.2. The van der Waals surface area contributed by atoms with E-state index in [9.17, 15) is 9.90 Å². The Morgan fingerprint density at radius 3 is 2.55 bits per heavy atom. The van der Waals surface area contributed by atoms with E-state index in [1.54, 1.807) is 16.6 Å². The Kier molecular flexibility index (Phi) is 4.35. The van der Waals surface area contributed by atoms with Crippen molar-refractivity contribution in [2.24, 2.45) is 5.92 Å². The van der Waals surface area contributed by atoms with Gasteiger partial charge in [-0.1, -0.05) is 34.6 Å². The van der Waals surface area contributed by atoms with Gasteiger partial charge in [0.25, 0.3) is 0 Å². The van der Waals surface area contributed by atoms with Crippen LogP contribution in [0.25, 0.3) is 5.65 Å². The number of fused-ring (bicyclic) bond motifs is 1. The Labute approximate surface area is 129 Å². The topological polar surface area (TPSA) is 92.4 Å². The molecule has 0 spiro atoms. The molecule has 2 N–H and O–H groups in total. The molecule has 2 aromatic heterocycles. The van der Waals surface area contributed by atoms with E-state index in [2.05, 4.69) is 20.6 Å². The third kappa shape index (κ3) is 3.52. The van der Waals surface area contributed by atoms with Crippen LogP contribution in [-0.4, -0.2) is 36.9 Å². The predicted molar refractivity (Wildman–Crippen MR) is 84.0 cm³/mol. The molecule has 0 bridgehead atoms. The van der Waals surface area contributed by atoms with Crippen molar-refractivity contribution < 1.29 is 9.90 Å². The molecule has 0 aliphatic rings. The fourth-order valence-electron chi connectivity index (χ4n) is 2.20. The molecule has 0 saturated carbocycles. The first-order valence-electron chi connectivity index (χ1n) is 7.40. The Bertz CT molecular complexity index is 672. The van der Waals surface area contributed by atoms with E-state index in [-0.39, 0.29) is 11.3 Å². The number of aromatic nitrogens is 4. The van der Waals surface area contributed by atoms with E-state index < -0.39 is 12.0 Å². The van der Waals surface area contributed by atoms with Gasteiger partial charge < -0.3 is 10.4 Å². The molecule has 2 aromatic rings. The molecule has 0 fully saturated rings. The summed E-state index contributed by atoms with van der Waals surface area (Å²) in [5.41, 5.74) is 0.445. The second-order valence-corrected chi connectivity index (χ2v) is 6.93. The van der Waals surface area contributed by atoms with Gasteiger partial charge in [0.15, 0.2) is 11.5 Å². The van der Waals surface area contributed by atoms with Gasteiger partial charge in [-0.25, -0.2) is 4.79 Å². The third-order valence-corrected chi connectivity index (χ3v) is 3.26. The lowest BCUT2D eigenvalue weighted by molar-refractivity contribution is -0.138. The van der Waals surface area contributed by atoms with Crippen LogP contribution < -0.4 is 5.32 Å². The Hall–Kier alpha value is -2.18. The summed E-state index contributed by atoms with van der Waals surface area (Å²) in [5.74, 6) is 0.639. The van der Waals surface area contributed by atoms with Gasteiger partial charge in [-0.15, -0.1) is 15.3 Å². The normalized spacial score (nSPS) is 13.5. The number of aliphatic carboxylic acids is 1. The minimum atomic E-state index is -0.879. The highest BCUT2D eigenvalue weighted by Gasteiger charge is 2.23. The summed E-state index contributed by atoms with van der Waals surface area (Å²) in [4.78, 5) is 11.4. The molecule has 1 unspecified atom stereocenters. The minimum absolute atomic E-state index is 0.199. The molecule has 0 aliphatic heterocycles. The van der Waals surface area contributed by atoms with Crippen LogP contribution in [0.3, 0.4) is 0 Å². The Morgan fingerprint density at radius 2 is 2.00 bits per heavy atom. The monoisotopic (exact) mass is 305 g/mol. The zero-order chi connectivity index (χ0) is 16.5. The van der Waals surface area contributed by atoms with Crippen LogP contribution in [0.1, 0.15) is 46.9 Å². The van der Waals surface area contributed by atoms with Crippen molar-refractivity contribution in [3.63, 3.8) is 0 Å². The van der Waals surface area contributed by atoms with Gasteiger partial charge in [0.2, 0.25) is 0 Å². The predicted octanol–water partition coefficient (Wildman–Crippen LogP) is 2.33. The van der Waals surface area contributed by atoms with Crippen LogP contribution >= 0.6 is 0 Å². The molecular formula is C15H23N5O2. The minimum Gasteiger partial charge on any atom is -0.480 e. The van der Waals surface area contributed by atoms with Crippen LogP contribution in [0.2, 0.25) is 0 Å². The second-order valence-electron chi connectivity index (χ2n) is 6.93. The van der Waals surface area contributed by atoms with Gasteiger partial charge in [-0.05, 0) is 24.5 Å². The van der Waals surface area contributed by atoms with Gasteiger partial charge in [0.05, 0.1) is 0 Å². The zero-order valence-electron chi connectivity index (χ0n) is 13.7. The van der Waals surface area contributed by atoms with Gasteiger partial charge in [0.1, 0.15) is 11.9 Å². The maximum Gasteiger partial charge on any atom is 0.326 e. The molecule has 1 atom stereocenters. The van der Waals surface area contributed by atoms with E-state index in [0.29, 0.717) is 17.9 Å². The standard InChI is InChI=1S/C15H23N5O2/c1-9(2)8-10(13(21)22)16-11-6-7-12-17-18-14(15(3,4)5)20(12)19-11/h6-7,9-10H,8H2,1-5H3,(H,16,19)(H,21,22). The molecule has 7 nitrogen and oxygen atoms in total. The van der Waals surface area contributed by atoms with E-state index in [0.717, 1.165) is 5.82 Å². The highest BCUT2D eigenvalue weighted by atomic mass is 16.4. The van der Waals surface area contributed by atoms with Crippen LogP contribution in [0.15, 0.2) is 12.1 Å². The number of anilines is 1. The molecule has 2 rings (SSSR count). The maximum atomic E-state index is 11.4. The fraction of sp³-hybridized carbons (Fsp3) is 0.600. The molecular weight excluding hydrogens is 282 g/mol. The molecule has 0 aliphatic carbocycles. The number of carboxylic acid groups (broad SMARTS) is 1.